The van der Waals surface area contributed by atoms with Crippen molar-refractivity contribution in [1.29, 1.82) is 5.26 Å². The molecule has 0 atom stereocenters. The van der Waals surface area contributed by atoms with Gasteiger partial charge in [-0.1, -0.05) is 6.07 Å². The first-order valence-corrected chi connectivity index (χ1v) is 7.45. The van der Waals surface area contributed by atoms with Crippen molar-refractivity contribution < 1.29 is 19.0 Å². The number of hydrogen-bond donors (Lipinski definition) is 2. The van der Waals surface area contributed by atoms with Crippen molar-refractivity contribution >= 4 is 11.7 Å². The number of amides is 2. The van der Waals surface area contributed by atoms with Crippen molar-refractivity contribution in [2.24, 2.45) is 0 Å². The topological polar surface area (TPSA) is 92.6 Å². The molecule has 0 aromatic heterocycles. The van der Waals surface area contributed by atoms with Gasteiger partial charge in [-0.2, -0.15) is 5.26 Å². The summed E-state index contributed by atoms with van der Waals surface area (Å²) in [6.07, 6.45) is 0. The highest BCUT2D eigenvalue weighted by Crippen LogP contribution is 2.33. The highest BCUT2D eigenvalue weighted by Gasteiger charge is 2.14. The van der Waals surface area contributed by atoms with Gasteiger partial charge in [-0.05, 0) is 18.2 Å². The van der Waals surface area contributed by atoms with Gasteiger partial charge in [0.05, 0.1) is 45.1 Å². The molecule has 0 unspecified atom stereocenters. The number of urea groups is 1. The number of hydrogen-bond acceptors (Lipinski definition) is 5. The molecule has 0 spiro atoms. The molecule has 2 aromatic carbocycles. The molecule has 0 aliphatic heterocycles. The number of ether oxygens (including phenoxy) is 3. The summed E-state index contributed by atoms with van der Waals surface area (Å²) >= 11 is 0. The Morgan fingerprint density at radius 3 is 2.32 bits per heavy atom. The lowest BCUT2D eigenvalue weighted by atomic mass is 10.1. The first kappa shape index (κ1) is 17.9. The van der Waals surface area contributed by atoms with Crippen LogP contribution in [0.5, 0.6) is 17.2 Å². The molecule has 2 N–H and O–H groups in total. The van der Waals surface area contributed by atoms with Crippen LogP contribution in [0.3, 0.4) is 0 Å². The van der Waals surface area contributed by atoms with Gasteiger partial charge < -0.3 is 24.8 Å². The molecule has 7 heteroatoms. The average molecular weight is 341 g/mol. The summed E-state index contributed by atoms with van der Waals surface area (Å²) in [5, 5.41) is 14.3. The van der Waals surface area contributed by atoms with Crippen LogP contribution in [-0.4, -0.2) is 27.4 Å². The van der Waals surface area contributed by atoms with Crippen LogP contribution in [0, 0.1) is 11.3 Å². The van der Waals surface area contributed by atoms with Crippen LogP contribution in [0.2, 0.25) is 0 Å². The number of rotatable bonds is 6. The fraction of sp³-hybridized carbons (Fsp3) is 0.222. The largest absolute Gasteiger partial charge is 0.496 e. The van der Waals surface area contributed by atoms with Gasteiger partial charge in [0.15, 0.2) is 0 Å². The van der Waals surface area contributed by atoms with Gasteiger partial charge in [0.2, 0.25) is 0 Å². The average Bonchev–Trinajstić information content (AvgIpc) is 2.65. The molecule has 7 nitrogen and oxygen atoms in total. The molecule has 0 bridgehead atoms. The van der Waals surface area contributed by atoms with Crippen LogP contribution in [0.15, 0.2) is 36.4 Å². The fourth-order valence-corrected chi connectivity index (χ4v) is 2.26. The Hall–Kier alpha value is -3.40. The van der Waals surface area contributed by atoms with E-state index in [4.69, 9.17) is 19.5 Å². The van der Waals surface area contributed by atoms with Gasteiger partial charge in [0.1, 0.15) is 17.2 Å². The molecule has 0 radical (unpaired) electrons. The second kappa shape index (κ2) is 8.45. The van der Waals surface area contributed by atoms with Crippen LogP contribution in [-0.2, 0) is 6.54 Å². The molecule has 0 saturated carbocycles. The molecule has 2 aromatic rings. The molecule has 2 amide bonds. The second-order valence-electron chi connectivity index (χ2n) is 5.01. The third-order valence-corrected chi connectivity index (χ3v) is 3.49. The molecule has 25 heavy (non-hydrogen) atoms. The van der Waals surface area contributed by atoms with Crippen molar-refractivity contribution in [1.82, 2.24) is 5.32 Å². The van der Waals surface area contributed by atoms with Crippen LogP contribution >= 0.6 is 0 Å². The molecular weight excluding hydrogens is 322 g/mol. The SMILES string of the molecule is COc1cc(OC)c(CNC(=O)Nc2cccc(C#N)c2)c(OC)c1. The number of nitrogens with one attached hydrogen (secondary N) is 2. The zero-order valence-corrected chi connectivity index (χ0v) is 14.3. The van der Waals surface area contributed by atoms with E-state index in [1.54, 1.807) is 43.5 Å². The summed E-state index contributed by atoms with van der Waals surface area (Å²) in [5.41, 5.74) is 1.69. The van der Waals surface area contributed by atoms with E-state index in [-0.39, 0.29) is 6.54 Å². The van der Waals surface area contributed by atoms with Gasteiger partial charge >= 0.3 is 6.03 Å². The molecule has 0 fully saturated rings. The quantitative estimate of drug-likeness (QED) is 0.843. The van der Waals surface area contributed by atoms with Crippen LogP contribution < -0.4 is 24.8 Å². The van der Waals surface area contributed by atoms with E-state index in [1.807, 2.05) is 6.07 Å². The number of carbonyl (C=O) groups excluding carboxylic acids is 1. The summed E-state index contributed by atoms with van der Waals surface area (Å²) in [6.45, 7) is 0.195. The molecule has 2 rings (SSSR count). The zero-order valence-electron chi connectivity index (χ0n) is 14.3. The number of anilines is 1. The van der Waals surface area contributed by atoms with Gasteiger partial charge in [-0.25, -0.2) is 4.79 Å². The molecule has 0 heterocycles. The summed E-state index contributed by atoms with van der Waals surface area (Å²) in [5.74, 6) is 1.68. The van der Waals surface area contributed by atoms with Crippen molar-refractivity contribution in [3.05, 3.63) is 47.5 Å². The minimum atomic E-state index is -0.407. The Labute approximate surface area is 146 Å². The van der Waals surface area contributed by atoms with E-state index >= 15 is 0 Å². The number of nitrogens with zero attached hydrogens (tertiary/aromatic N) is 1. The predicted molar refractivity (Wildman–Crippen MR) is 93.1 cm³/mol. The van der Waals surface area contributed by atoms with Crippen LogP contribution in [0.25, 0.3) is 0 Å². The molecule has 130 valence electrons. The predicted octanol–water partition coefficient (Wildman–Crippen LogP) is 2.91. The minimum Gasteiger partial charge on any atom is -0.496 e. The van der Waals surface area contributed by atoms with Gasteiger partial charge in [-0.3, -0.25) is 0 Å². The highest BCUT2D eigenvalue weighted by molar-refractivity contribution is 5.89. The molecular formula is C18H19N3O4. The lowest BCUT2D eigenvalue weighted by molar-refractivity contribution is 0.251. The Morgan fingerprint density at radius 2 is 1.76 bits per heavy atom. The number of methoxy groups -OCH3 is 3. The second-order valence-corrected chi connectivity index (χ2v) is 5.01. The standard InChI is InChI=1S/C18H19N3O4/c1-23-14-8-16(24-2)15(17(9-14)25-3)11-20-18(22)21-13-6-4-5-12(7-13)10-19/h4-9H,11H2,1-3H3,(H2,20,21,22). The molecule has 0 aliphatic rings. The highest BCUT2D eigenvalue weighted by atomic mass is 16.5. The summed E-state index contributed by atoms with van der Waals surface area (Å²) in [6, 6.07) is 11.7. The van der Waals surface area contributed by atoms with E-state index in [0.29, 0.717) is 34.1 Å². The van der Waals surface area contributed by atoms with E-state index in [0.717, 1.165) is 0 Å². The van der Waals surface area contributed by atoms with Crippen LogP contribution in [0.4, 0.5) is 10.5 Å². The third kappa shape index (κ3) is 4.54. The van der Waals surface area contributed by atoms with E-state index in [1.165, 1.54) is 14.2 Å². The first-order chi connectivity index (χ1) is 12.1. The van der Waals surface area contributed by atoms with Gasteiger partial charge in [0, 0.05) is 17.8 Å². The maximum absolute atomic E-state index is 12.1. The Kier molecular flexibility index (Phi) is 6.07. The monoisotopic (exact) mass is 341 g/mol. The van der Waals surface area contributed by atoms with E-state index < -0.39 is 6.03 Å². The van der Waals surface area contributed by atoms with Crippen LogP contribution in [0.1, 0.15) is 11.1 Å². The first-order valence-electron chi connectivity index (χ1n) is 7.45. The lowest BCUT2D eigenvalue weighted by Crippen LogP contribution is -2.28. The zero-order chi connectivity index (χ0) is 18.2. The van der Waals surface area contributed by atoms with Gasteiger partial charge in [0.25, 0.3) is 0 Å². The number of nitriles is 1. The smallest absolute Gasteiger partial charge is 0.319 e. The van der Waals surface area contributed by atoms with E-state index in [9.17, 15) is 4.79 Å². The third-order valence-electron chi connectivity index (χ3n) is 3.49. The van der Waals surface area contributed by atoms with Crippen molar-refractivity contribution in [2.75, 3.05) is 26.6 Å². The summed E-state index contributed by atoms with van der Waals surface area (Å²) in [7, 11) is 4.62. The summed E-state index contributed by atoms with van der Waals surface area (Å²) < 4.78 is 15.9. The number of carbonyl (C=O) groups is 1. The Bertz CT molecular complexity index is 774. The molecule has 0 saturated heterocycles. The Morgan fingerprint density at radius 1 is 1.08 bits per heavy atom. The minimum absolute atomic E-state index is 0.195. The van der Waals surface area contributed by atoms with Crippen molar-refractivity contribution in [3.63, 3.8) is 0 Å². The molecule has 0 aliphatic carbocycles. The van der Waals surface area contributed by atoms with Crippen molar-refractivity contribution in [2.45, 2.75) is 6.54 Å². The lowest BCUT2D eigenvalue weighted by Gasteiger charge is -2.16. The summed E-state index contributed by atoms with van der Waals surface area (Å²) in [4.78, 5) is 12.1. The Balaban J connectivity index is 2.09. The number of benzene rings is 2. The van der Waals surface area contributed by atoms with Gasteiger partial charge in [-0.15, -0.1) is 0 Å². The normalized spacial score (nSPS) is 9.68. The fourth-order valence-electron chi connectivity index (χ4n) is 2.26. The maximum atomic E-state index is 12.1. The van der Waals surface area contributed by atoms with Crippen molar-refractivity contribution in [3.8, 4) is 23.3 Å². The van der Waals surface area contributed by atoms with E-state index in [2.05, 4.69) is 10.6 Å². The maximum Gasteiger partial charge on any atom is 0.319 e.